The van der Waals surface area contributed by atoms with E-state index in [9.17, 15) is 4.79 Å². The second kappa shape index (κ2) is 4.78. The van der Waals surface area contributed by atoms with Crippen molar-refractivity contribution in [3.05, 3.63) is 56.4 Å². The summed E-state index contributed by atoms with van der Waals surface area (Å²) in [5.74, 6) is -0.184. The number of halogens is 1. The van der Waals surface area contributed by atoms with Gasteiger partial charge in [0.1, 0.15) is 11.8 Å². The van der Waals surface area contributed by atoms with Crippen molar-refractivity contribution >= 4 is 44.3 Å². The highest BCUT2D eigenvalue weighted by Gasteiger charge is 2.20. The SMILES string of the molecule is N#Cc1cc2cccn2c(C(=O)c2ccc(Br)s2)c1N. The number of nitrogen functional groups attached to an aromatic ring is 1. The van der Waals surface area contributed by atoms with Gasteiger partial charge in [-0.25, -0.2) is 0 Å². The minimum absolute atomic E-state index is 0.184. The fourth-order valence-electron chi connectivity index (χ4n) is 2.08. The zero-order valence-corrected chi connectivity index (χ0v) is 12.5. The van der Waals surface area contributed by atoms with Gasteiger partial charge in [-0.3, -0.25) is 4.79 Å². The zero-order chi connectivity index (χ0) is 14.3. The Bertz CT molecular complexity index is 872. The second-order valence-corrected chi connectivity index (χ2v) is 6.63. The third-order valence-corrected chi connectivity index (χ3v) is 4.61. The summed E-state index contributed by atoms with van der Waals surface area (Å²) in [5, 5.41) is 9.14. The molecule has 3 rings (SSSR count). The van der Waals surface area contributed by atoms with Crippen molar-refractivity contribution < 1.29 is 4.79 Å². The molecule has 2 N–H and O–H groups in total. The lowest BCUT2D eigenvalue weighted by atomic mass is 10.1. The summed E-state index contributed by atoms with van der Waals surface area (Å²) in [6, 6.07) is 10.9. The molecule has 3 aromatic heterocycles. The van der Waals surface area contributed by atoms with Gasteiger partial charge in [0.2, 0.25) is 5.78 Å². The molecule has 0 radical (unpaired) electrons. The predicted octanol–water partition coefficient (Wildman–Crippen LogP) is 3.45. The molecule has 3 aromatic rings. The number of ketones is 1. The molecule has 4 nitrogen and oxygen atoms in total. The molecule has 0 amide bonds. The molecule has 0 saturated heterocycles. The summed E-state index contributed by atoms with van der Waals surface area (Å²) in [5.41, 5.74) is 7.63. The lowest BCUT2D eigenvalue weighted by Gasteiger charge is -2.09. The van der Waals surface area contributed by atoms with Gasteiger partial charge in [0.25, 0.3) is 0 Å². The molecular formula is C14H8BrN3OS. The lowest BCUT2D eigenvalue weighted by molar-refractivity contribution is 0.103. The number of fused-ring (bicyclic) bond motifs is 1. The maximum atomic E-state index is 12.6. The van der Waals surface area contributed by atoms with Gasteiger partial charge in [-0.1, -0.05) is 0 Å². The Labute approximate surface area is 127 Å². The van der Waals surface area contributed by atoms with Crippen molar-refractivity contribution in [3.63, 3.8) is 0 Å². The number of nitriles is 1. The van der Waals surface area contributed by atoms with Crippen molar-refractivity contribution in [3.8, 4) is 6.07 Å². The van der Waals surface area contributed by atoms with Crippen LogP contribution in [0.1, 0.15) is 20.9 Å². The first-order valence-electron chi connectivity index (χ1n) is 5.71. The van der Waals surface area contributed by atoms with Gasteiger partial charge in [-0.05, 0) is 46.3 Å². The summed E-state index contributed by atoms with van der Waals surface area (Å²) in [6.45, 7) is 0. The van der Waals surface area contributed by atoms with Crippen molar-refractivity contribution in [2.45, 2.75) is 0 Å². The van der Waals surface area contributed by atoms with E-state index >= 15 is 0 Å². The maximum absolute atomic E-state index is 12.6. The summed E-state index contributed by atoms with van der Waals surface area (Å²) in [6.07, 6.45) is 1.77. The van der Waals surface area contributed by atoms with Gasteiger partial charge in [0.15, 0.2) is 0 Å². The Morgan fingerprint density at radius 2 is 2.20 bits per heavy atom. The lowest BCUT2D eigenvalue weighted by Crippen LogP contribution is -2.11. The Kier molecular flexibility index (Phi) is 3.08. The molecule has 0 spiro atoms. The molecule has 98 valence electrons. The Balaban J connectivity index is 2.29. The molecule has 0 aliphatic carbocycles. The summed E-state index contributed by atoms with van der Waals surface area (Å²) < 4.78 is 2.59. The van der Waals surface area contributed by atoms with Crippen LogP contribution in [0.5, 0.6) is 0 Å². The van der Waals surface area contributed by atoms with Crippen LogP contribution in [0.3, 0.4) is 0 Å². The van der Waals surface area contributed by atoms with Crippen LogP contribution in [-0.2, 0) is 0 Å². The van der Waals surface area contributed by atoms with E-state index in [1.165, 1.54) is 11.3 Å². The zero-order valence-electron chi connectivity index (χ0n) is 10.1. The van der Waals surface area contributed by atoms with E-state index in [2.05, 4.69) is 15.9 Å². The van der Waals surface area contributed by atoms with Crippen LogP contribution >= 0.6 is 27.3 Å². The third kappa shape index (κ3) is 1.92. The van der Waals surface area contributed by atoms with Crippen LogP contribution in [0.4, 0.5) is 5.69 Å². The van der Waals surface area contributed by atoms with Gasteiger partial charge < -0.3 is 10.1 Å². The van der Waals surface area contributed by atoms with E-state index in [0.717, 1.165) is 9.30 Å². The Morgan fingerprint density at radius 1 is 1.40 bits per heavy atom. The standard InChI is InChI=1S/C14H8BrN3OS/c15-11-4-3-10(20-11)14(19)13-12(17)8(7-16)6-9-2-1-5-18(9)13/h1-6H,17H2. The van der Waals surface area contributed by atoms with E-state index in [1.54, 1.807) is 22.7 Å². The number of pyridine rings is 1. The quantitative estimate of drug-likeness (QED) is 0.723. The largest absolute Gasteiger partial charge is 0.396 e. The van der Waals surface area contributed by atoms with Gasteiger partial charge in [-0.2, -0.15) is 5.26 Å². The van der Waals surface area contributed by atoms with Crippen LogP contribution in [0.2, 0.25) is 0 Å². The first kappa shape index (κ1) is 12.9. The molecule has 20 heavy (non-hydrogen) atoms. The van der Waals surface area contributed by atoms with Crippen LogP contribution < -0.4 is 5.73 Å². The van der Waals surface area contributed by atoms with E-state index < -0.39 is 0 Å². The third-order valence-electron chi connectivity index (χ3n) is 2.99. The monoisotopic (exact) mass is 345 g/mol. The first-order chi connectivity index (χ1) is 9.61. The van der Waals surface area contributed by atoms with E-state index in [1.807, 2.05) is 24.3 Å². The number of anilines is 1. The highest BCUT2D eigenvalue weighted by molar-refractivity contribution is 9.11. The molecule has 0 bridgehead atoms. The molecule has 0 aliphatic heterocycles. The molecule has 0 aromatic carbocycles. The molecular weight excluding hydrogens is 338 g/mol. The summed E-state index contributed by atoms with van der Waals surface area (Å²) in [4.78, 5) is 13.2. The molecule has 0 aliphatic rings. The average Bonchev–Trinajstić information content (AvgIpc) is 3.05. The van der Waals surface area contributed by atoms with Crippen LogP contribution in [0, 0.1) is 11.3 Å². The van der Waals surface area contributed by atoms with Gasteiger partial charge in [-0.15, -0.1) is 11.3 Å². The van der Waals surface area contributed by atoms with Crippen molar-refractivity contribution in [1.29, 1.82) is 5.26 Å². The normalized spacial score (nSPS) is 10.6. The number of aromatic nitrogens is 1. The maximum Gasteiger partial charge on any atom is 0.221 e. The minimum atomic E-state index is -0.184. The Hall–Kier alpha value is -2.10. The number of carbonyl (C=O) groups is 1. The average molecular weight is 346 g/mol. The number of nitrogens with two attached hydrogens (primary N) is 1. The van der Waals surface area contributed by atoms with E-state index in [4.69, 9.17) is 11.0 Å². The van der Waals surface area contributed by atoms with E-state index in [0.29, 0.717) is 16.1 Å². The highest BCUT2D eigenvalue weighted by Crippen LogP contribution is 2.28. The predicted molar refractivity (Wildman–Crippen MR) is 82.0 cm³/mol. The fourth-order valence-corrected chi connectivity index (χ4v) is 3.40. The number of hydrogen-bond acceptors (Lipinski definition) is 4. The molecule has 0 fully saturated rings. The molecule has 6 heteroatoms. The molecule has 0 atom stereocenters. The minimum Gasteiger partial charge on any atom is -0.396 e. The molecule has 0 saturated carbocycles. The summed E-state index contributed by atoms with van der Waals surface area (Å²) >= 11 is 4.68. The number of rotatable bonds is 2. The molecule has 0 unspecified atom stereocenters. The van der Waals surface area contributed by atoms with Crippen molar-refractivity contribution in [1.82, 2.24) is 4.40 Å². The van der Waals surface area contributed by atoms with Crippen LogP contribution in [-0.4, -0.2) is 10.2 Å². The number of nitrogens with zero attached hydrogens (tertiary/aromatic N) is 2. The van der Waals surface area contributed by atoms with Crippen molar-refractivity contribution in [2.24, 2.45) is 0 Å². The highest BCUT2D eigenvalue weighted by atomic mass is 79.9. The van der Waals surface area contributed by atoms with E-state index in [-0.39, 0.29) is 11.5 Å². The summed E-state index contributed by atoms with van der Waals surface area (Å²) in [7, 11) is 0. The number of hydrogen-bond donors (Lipinski definition) is 1. The number of carbonyl (C=O) groups excluding carboxylic acids is 1. The van der Waals surface area contributed by atoms with Crippen LogP contribution in [0.25, 0.3) is 5.52 Å². The number of thiophene rings is 1. The topological polar surface area (TPSA) is 71.3 Å². The van der Waals surface area contributed by atoms with Crippen LogP contribution in [0.15, 0.2) is 40.3 Å². The van der Waals surface area contributed by atoms with Gasteiger partial charge in [0, 0.05) is 11.7 Å². The molecule has 3 heterocycles. The van der Waals surface area contributed by atoms with Crippen molar-refractivity contribution in [2.75, 3.05) is 5.73 Å². The Morgan fingerprint density at radius 3 is 2.85 bits per heavy atom. The van der Waals surface area contributed by atoms with Gasteiger partial charge >= 0.3 is 0 Å². The second-order valence-electron chi connectivity index (χ2n) is 4.17. The first-order valence-corrected chi connectivity index (χ1v) is 7.32. The fraction of sp³-hybridized carbons (Fsp3) is 0. The smallest absolute Gasteiger partial charge is 0.221 e. The van der Waals surface area contributed by atoms with Gasteiger partial charge in [0.05, 0.1) is 19.9 Å².